The highest BCUT2D eigenvalue weighted by Gasteiger charge is 2.24. The maximum Gasteiger partial charge on any atom is 0.321 e. The van der Waals surface area contributed by atoms with Gasteiger partial charge in [0.2, 0.25) is 5.91 Å². The lowest BCUT2D eigenvalue weighted by Gasteiger charge is -2.27. The molecule has 0 bridgehead atoms. The number of benzene rings is 1. The number of amides is 3. The molecule has 0 radical (unpaired) electrons. The fourth-order valence-electron chi connectivity index (χ4n) is 3.08. The van der Waals surface area contributed by atoms with Crippen LogP contribution in [-0.4, -0.2) is 47.9 Å². The van der Waals surface area contributed by atoms with Crippen LogP contribution in [0.5, 0.6) is 0 Å². The molecule has 2 rings (SSSR count). The van der Waals surface area contributed by atoms with E-state index < -0.39 is 0 Å². The van der Waals surface area contributed by atoms with Crippen molar-refractivity contribution in [2.45, 2.75) is 46.5 Å². The fraction of sp³-hybridized carbons (Fsp3) is 0.579. The lowest BCUT2D eigenvalue weighted by atomic mass is 9.84. The van der Waals surface area contributed by atoms with Crippen molar-refractivity contribution in [1.82, 2.24) is 9.80 Å². The zero-order valence-corrected chi connectivity index (χ0v) is 15.5. The number of rotatable bonds is 1. The predicted molar refractivity (Wildman–Crippen MR) is 97.3 cm³/mol. The first kappa shape index (κ1) is 18.3. The molecule has 24 heavy (non-hydrogen) atoms. The topological polar surface area (TPSA) is 52.7 Å². The first-order chi connectivity index (χ1) is 11.2. The van der Waals surface area contributed by atoms with Crippen LogP contribution >= 0.6 is 0 Å². The first-order valence-electron chi connectivity index (χ1n) is 8.61. The zero-order valence-electron chi connectivity index (χ0n) is 15.5. The average Bonchev–Trinajstić information content (AvgIpc) is 2.74. The Labute approximate surface area is 145 Å². The van der Waals surface area contributed by atoms with Gasteiger partial charge in [0, 0.05) is 38.8 Å². The summed E-state index contributed by atoms with van der Waals surface area (Å²) in [6.45, 7) is 12.6. The second kappa shape index (κ2) is 7.24. The Balaban J connectivity index is 2.14. The van der Waals surface area contributed by atoms with Crippen LogP contribution < -0.4 is 5.32 Å². The number of aryl methyl sites for hydroxylation is 1. The summed E-state index contributed by atoms with van der Waals surface area (Å²) in [7, 11) is 0. The Bertz CT molecular complexity index is 620. The van der Waals surface area contributed by atoms with Crippen LogP contribution in [0.15, 0.2) is 18.2 Å². The molecule has 0 unspecified atom stereocenters. The van der Waals surface area contributed by atoms with Gasteiger partial charge in [-0.1, -0.05) is 39.0 Å². The SMILES string of the molecule is CC(=O)N1CCCN(C(=O)Nc2c(C)cccc2C(C)(C)C)CC1. The van der Waals surface area contributed by atoms with Gasteiger partial charge in [-0.15, -0.1) is 0 Å². The van der Waals surface area contributed by atoms with Crippen LogP contribution in [0.4, 0.5) is 10.5 Å². The van der Waals surface area contributed by atoms with Gasteiger partial charge >= 0.3 is 6.03 Å². The number of hydrogen-bond donors (Lipinski definition) is 1. The monoisotopic (exact) mass is 331 g/mol. The van der Waals surface area contributed by atoms with E-state index in [-0.39, 0.29) is 17.4 Å². The van der Waals surface area contributed by atoms with E-state index in [4.69, 9.17) is 0 Å². The van der Waals surface area contributed by atoms with Gasteiger partial charge in [0.1, 0.15) is 0 Å². The zero-order chi connectivity index (χ0) is 17.9. The van der Waals surface area contributed by atoms with Gasteiger partial charge in [0.15, 0.2) is 0 Å². The van der Waals surface area contributed by atoms with Crippen LogP contribution in [0.3, 0.4) is 0 Å². The number of para-hydroxylation sites is 1. The Hall–Kier alpha value is -2.04. The number of carbonyl (C=O) groups excluding carboxylic acids is 2. The molecule has 1 aliphatic heterocycles. The molecule has 5 heteroatoms. The summed E-state index contributed by atoms with van der Waals surface area (Å²) in [4.78, 5) is 27.9. The van der Waals surface area contributed by atoms with Gasteiger partial charge in [-0.2, -0.15) is 0 Å². The van der Waals surface area contributed by atoms with Crippen molar-refractivity contribution in [3.05, 3.63) is 29.3 Å². The third-order valence-corrected chi connectivity index (χ3v) is 4.54. The third kappa shape index (κ3) is 4.28. The highest BCUT2D eigenvalue weighted by molar-refractivity contribution is 5.91. The lowest BCUT2D eigenvalue weighted by Crippen LogP contribution is -2.39. The van der Waals surface area contributed by atoms with E-state index in [9.17, 15) is 9.59 Å². The van der Waals surface area contributed by atoms with Crippen molar-refractivity contribution < 1.29 is 9.59 Å². The molecule has 1 aromatic rings. The van der Waals surface area contributed by atoms with Crippen LogP contribution in [0, 0.1) is 6.92 Å². The van der Waals surface area contributed by atoms with Crippen molar-refractivity contribution in [3.8, 4) is 0 Å². The highest BCUT2D eigenvalue weighted by Crippen LogP contribution is 2.32. The normalized spacial score (nSPS) is 15.9. The van der Waals surface area contributed by atoms with Gasteiger partial charge < -0.3 is 15.1 Å². The Morgan fingerprint density at radius 2 is 1.67 bits per heavy atom. The van der Waals surface area contributed by atoms with Crippen molar-refractivity contribution >= 4 is 17.6 Å². The minimum Gasteiger partial charge on any atom is -0.341 e. The molecule has 0 aliphatic carbocycles. The second-order valence-corrected chi connectivity index (χ2v) is 7.52. The number of anilines is 1. The molecule has 1 aliphatic rings. The van der Waals surface area contributed by atoms with Crippen LogP contribution in [0.2, 0.25) is 0 Å². The van der Waals surface area contributed by atoms with E-state index in [1.165, 1.54) is 0 Å². The lowest BCUT2D eigenvalue weighted by molar-refractivity contribution is -0.128. The number of carbonyl (C=O) groups is 2. The van der Waals surface area contributed by atoms with E-state index >= 15 is 0 Å². The number of urea groups is 1. The summed E-state index contributed by atoms with van der Waals surface area (Å²) in [5.74, 6) is 0.0752. The maximum absolute atomic E-state index is 12.7. The first-order valence-corrected chi connectivity index (χ1v) is 8.61. The summed E-state index contributed by atoms with van der Waals surface area (Å²) in [5.41, 5.74) is 3.06. The summed E-state index contributed by atoms with van der Waals surface area (Å²) >= 11 is 0. The van der Waals surface area contributed by atoms with Gasteiger partial charge in [-0.25, -0.2) is 4.79 Å². The van der Waals surface area contributed by atoms with Gasteiger partial charge in [-0.05, 0) is 29.9 Å². The quantitative estimate of drug-likeness (QED) is 0.858. The molecule has 5 nitrogen and oxygen atoms in total. The number of hydrogen-bond acceptors (Lipinski definition) is 2. The molecular formula is C19H29N3O2. The Kier molecular flexibility index (Phi) is 5.52. The molecule has 0 aromatic heterocycles. The Morgan fingerprint density at radius 3 is 2.29 bits per heavy atom. The molecule has 1 fully saturated rings. The van der Waals surface area contributed by atoms with Gasteiger partial charge in [0.05, 0.1) is 0 Å². The average molecular weight is 331 g/mol. The number of nitrogens with one attached hydrogen (secondary N) is 1. The molecule has 132 valence electrons. The molecule has 1 heterocycles. The summed E-state index contributed by atoms with van der Waals surface area (Å²) in [5, 5.41) is 3.11. The highest BCUT2D eigenvalue weighted by atomic mass is 16.2. The van der Waals surface area contributed by atoms with Gasteiger partial charge in [0.25, 0.3) is 0 Å². The Morgan fingerprint density at radius 1 is 1.04 bits per heavy atom. The molecule has 1 saturated heterocycles. The summed E-state index contributed by atoms with van der Waals surface area (Å²) in [6.07, 6.45) is 0.812. The second-order valence-electron chi connectivity index (χ2n) is 7.52. The van der Waals surface area contributed by atoms with E-state index in [0.717, 1.165) is 29.8 Å². The molecule has 0 atom stereocenters. The van der Waals surface area contributed by atoms with Crippen LogP contribution in [-0.2, 0) is 10.2 Å². The fourth-order valence-corrected chi connectivity index (χ4v) is 3.08. The van der Waals surface area contributed by atoms with Gasteiger partial charge in [-0.3, -0.25) is 4.79 Å². The van der Waals surface area contributed by atoms with Crippen molar-refractivity contribution in [2.24, 2.45) is 0 Å². The molecule has 1 N–H and O–H groups in total. The largest absolute Gasteiger partial charge is 0.341 e. The maximum atomic E-state index is 12.7. The standard InChI is InChI=1S/C19H29N3O2/c1-14-8-6-9-16(19(3,4)5)17(14)20-18(24)22-11-7-10-21(12-13-22)15(2)23/h6,8-9H,7,10-13H2,1-5H3,(H,20,24). The minimum absolute atomic E-state index is 0.0428. The molecule has 0 saturated carbocycles. The van der Waals surface area contributed by atoms with E-state index in [1.54, 1.807) is 6.92 Å². The van der Waals surface area contributed by atoms with Crippen molar-refractivity contribution in [1.29, 1.82) is 0 Å². The summed E-state index contributed by atoms with van der Waals surface area (Å²) < 4.78 is 0. The minimum atomic E-state index is -0.0831. The van der Waals surface area contributed by atoms with E-state index in [0.29, 0.717) is 19.6 Å². The summed E-state index contributed by atoms with van der Waals surface area (Å²) in [6, 6.07) is 6.04. The number of nitrogens with zero attached hydrogens (tertiary/aromatic N) is 2. The third-order valence-electron chi connectivity index (χ3n) is 4.54. The van der Waals surface area contributed by atoms with E-state index in [1.807, 2.05) is 28.9 Å². The molecule has 3 amide bonds. The van der Waals surface area contributed by atoms with Crippen molar-refractivity contribution in [3.63, 3.8) is 0 Å². The van der Waals surface area contributed by atoms with Crippen molar-refractivity contribution in [2.75, 3.05) is 31.5 Å². The van der Waals surface area contributed by atoms with Crippen LogP contribution in [0.25, 0.3) is 0 Å². The molecule has 0 spiro atoms. The van der Waals surface area contributed by atoms with E-state index in [2.05, 4.69) is 32.2 Å². The molecular weight excluding hydrogens is 302 g/mol. The smallest absolute Gasteiger partial charge is 0.321 e. The molecule has 1 aromatic carbocycles. The predicted octanol–water partition coefficient (Wildman–Crippen LogP) is 3.38. The van der Waals surface area contributed by atoms with Crippen LogP contribution in [0.1, 0.15) is 45.2 Å².